The van der Waals surface area contributed by atoms with Gasteiger partial charge in [-0.1, -0.05) is 23.2 Å². The van der Waals surface area contributed by atoms with Crippen LogP contribution in [0, 0.1) is 0 Å². The van der Waals surface area contributed by atoms with Gasteiger partial charge in [0.15, 0.2) is 5.78 Å². The fourth-order valence-electron chi connectivity index (χ4n) is 0.990. The highest BCUT2D eigenvalue weighted by Gasteiger charge is 2.06. The minimum absolute atomic E-state index is 0.0353. The van der Waals surface area contributed by atoms with Crippen molar-refractivity contribution in [2.24, 2.45) is 5.73 Å². The number of rotatable bonds is 3. The van der Waals surface area contributed by atoms with Crippen LogP contribution in [-0.2, 0) is 0 Å². The summed E-state index contributed by atoms with van der Waals surface area (Å²) in [6, 6.07) is 4.76. The first-order chi connectivity index (χ1) is 6.13. The fraction of sp³-hybridized carbons (Fsp3) is 0.222. The molecule has 1 rings (SSSR count). The smallest absolute Gasteiger partial charge is 0.164 e. The molecule has 0 atom stereocenters. The van der Waals surface area contributed by atoms with Gasteiger partial charge in [0.05, 0.1) is 0 Å². The molecule has 13 heavy (non-hydrogen) atoms. The van der Waals surface area contributed by atoms with Gasteiger partial charge >= 0.3 is 0 Å². The summed E-state index contributed by atoms with van der Waals surface area (Å²) in [5.74, 6) is -0.0353. The van der Waals surface area contributed by atoms with E-state index in [0.29, 0.717) is 28.6 Å². The average Bonchev–Trinajstić information content (AvgIpc) is 2.03. The zero-order valence-corrected chi connectivity index (χ0v) is 8.40. The van der Waals surface area contributed by atoms with E-state index >= 15 is 0 Å². The number of Topliss-reactive ketones (excluding diaryl/α,β-unsaturated/α-hetero) is 1. The van der Waals surface area contributed by atoms with Crippen molar-refractivity contribution in [3.8, 4) is 0 Å². The Labute approximate surface area is 86.6 Å². The molecule has 1 aromatic carbocycles. The van der Waals surface area contributed by atoms with Crippen molar-refractivity contribution in [3.05, 3.63) is 33.8 Å². The Morgan fingerprint density at radius 2 is 1.77 bits per heavy atom. The van der Waals surface area contributed by atoms with Gasteiger partial charge in [0.2, 0.25) is 0 Å². The highest BCUT2D eigenvalue weighted by Crippen LogP contribution is 2.19. The van der Waals surface area contributed by atoms with Crippen LogP contribution in [0.1, 0.15) is 16.8 Å². The SMILES string of the molecule is NCCC(=O)c1cc(Cl)cc(Cl)c1. The van der Waals surface area contributed by atoms with Gasteiger partial charge in [-0.25, -0.2) is 0 Å². The maximum atomic E-state index is 11.4. The minimum Gasteiger partial charge on any atom is -0.330 e. The van der Waals surface area contributed by atoms with E-state index in [0.717, 1.165) is 0 Å². The maximum Gasteiger partial charge on any atom is 0.164 e. The van der Waals surface area contributed by atoms with Gasteiger partial charge in [0.25, 0.3) is 0 Å². The first kappa shape index (κ1) is 10.5. The van der Waals surface area contributed by atoms with Crippen LogP contribution in [0.15, 0.2) is 18.2 Å². The van der Waals surface area contributed by atoms with E-state index < -0.39 is 0 Å². The molecular formula is C9H9Cl2NO. The zero-order valence-electron chi connectivity index (χ0n) is 6.89. The molecule has 0 aliphatic carbocycles. The summed E-state index contributed by atoms with van der Waals surface area (Å²) in [5, 5.41) is 0.931. The second kappa shape index (κ2) is 4.61. The van der Waals surface area contributed by atoms with Crippen LogP contribution in [0.5, 0.6) is 0 Å². The molecule has 0 saturated carbocycles. The van der Waals surface area contributed by atoms with Crippen molar-refractivity contribution >= 4 is 29.0 Å². The summed E-state index contributed by atoms with van der Waals surface area (Å²) >= 11 is 11.5. The summed E-state index contributed by atoms with van der Waals surface area (Å²) in [4.78, 5) is 11.4. The van der Waals surface area contributed by atoms with Gasteiger partial charge in [-0.15, -0.1) is 0 Å². The Kier molecular flexibility index (Phi) is 3.72. The van der Waals surface area contributed by atoms with Crippen LogP contribution in [-0.4, -0.2) is 12.3 Å². The minimum atomic E-state index is -0.0353. The summed E-state index contributed by atoms with van der Waals surface area (Å²) in [6.07, 6.45) is 0.316. The summed E-state index contributed by atoms with van der Waals surface area (Å²) < 4.78 is 0. The lowest BCUT2D eigenvalue weighted by atomic mass is 10.1. The number of carbonyl (C=O) groups excluding carboxylic acids is 1. The molecule has 0 bridgehead atoms. The van der Waals surface area contributed by atoms with Gasteiger partial charge < -0.3 is 5.73 Å². The second-order valence-corrected chi connectivity index (χ2v) is 3.49. The summed E-state index contributed by atoms with van der Waals surface area (Å²) in [6.45, 7) is 0.336. The molecule has 0 aliphatic heterocycles. The number of carbonyl (C=O) groups is 1. The number of nitrogens with two attached hydrogens (primary N) is 1. The van der Waals surface area contributed by atoms with Crippen LogP contribution in [0.2, 0.25) is 10.0 Å². The maximum absolute atomic E-state index is 11.4. The number of ketones is 1. The predicted octanol–water partition coefficient (Wildman–Crippen LogP) is 2.52. The summed E-state index contributed by atoms with van der Waals surface area (Å²) in [7, 11) is 0. The number of benzene rings is 1. The van der Waals surface area contributed by atoms with Gasteiger partial charge in [0, 0.05) is 22.0 Å². The Morgan fingerprint density at radius 1 is 1.23 bits per heavy atom. The van der Waals surface area contributed by atoms with Crippen LogP contribution in [0.3, 0.4) is 0 Å². The standard InChI is InChI=1S/C9H9Cl2NO/c10-7-3-6(4-8(11)5-7)9(13)1-2-12/h3-5H,1-2,12H2. The van der Waals surface area contributed by atoms with Gasteiger partial charge in [-0.05, 0) is 24.7 Å². The molecule has 0 fully saturated rings. The third-order valence-corrected chi connectivity index (χ3v) is 1.99. The average molecular weight is 218 g/mol. The molecule has 0 aromatic heterocycles. The van der Waals surface area contributed by atoms with E-state index in [1.54, 1.807) is 18.2 Å². The molecule has 0 radical (unpaired) electrons. The molecule has 0 saturated heterocycles. The predicted molar refractivity (Wildman–Crippen MR) is 54.5 cm³/mol. The molecule has 0 aliphatic rings. The molecule has 2 nitrogen and oxygen atoms in total. The molecule has 0 unspecified atom stereocenters. The van der Waals surface area contributed by atoms with Crippen molar-refractivity contribution in [1.29, 1.82) is 0 Å². The van der Waals surface area contributed by atoms with Crippen LogP contribution in [0.25, 0.3) is 0 Å². The van der Waals surface area contributed by atoms with Crippen LogP contribution in [0.4, 0.5) is 0 Å². The Morgan fingerprint density at radius 3 is 2.23 bits per heavy atom. The normalized spacial score (nSPS) is 10.1. The van der Waals surface area contributed by atoms with E-state index in [9.17, 15) is 4.79 Å². The van der Waals surface area contributed by atoms with Crippen molar-refractivity contribution in [2.45, 2.75) is 6.42 Å². The molecule has 70 valence electrons. The third-order valence-electron chi connectivity index (χ3n) is 1.56. The Balaban J connectivity index is 2.94. The van der Waals surface area contributed by atoms with E-state index in [1.165, 1.54) is 0 Å². The highest BCUT2D eigenvalue weighted by atomic mass is 35.5. The highest BCUT2D eigenvalue weighted by molar-refractivity contribution is 6.35. The molecule has 2 N–H and O–H groups in total. The Bertz CT molecular complexity index is 305. The molecule has 0 spiro atoms. The van der Waals surface area contributed by atoms with Gasteiger partial charge in [-0.3, -0.25) is 4.79 Å². The van der Waals surface area contributed by atoms with E-state index in [2.05, 4.69) is 0 Å². The van der Waals surface area contributed by atoms with E-state index in [1.807, 2.05) is 0 Å². The zero-order chi connectivity index (χ0) is 9.84. The molecular weight excluding hydrogens is 209 g/mol. The Hall–Kier alpha value is -0.570. The van der Waals surface area contributed by atoms with Gasteiger partial charge in [0.1, 0.15) is 0 Å². The van der Waals surface area contributed by atoms with Crippen molar-refractivity contribution in [1.82, 2.24) is 0 Å². The first-order valence-corrected chi connectivity index (χ1v) is 4.58. The number of hydrogen-bond acceptors (Lipinski definition) is 2. The lowest BCUT2D eigenvalue weighted by Crippen LogP contribution is -2.07. The molecule has 0 amide bonds. The number of halogens is 2. The van der Waals surface area contributed by atoms with Crippen molar-refractivity contribution < 1.29 is 4.79 Å². The van der Waals surface area contributed by atoms with Crippen LogP contribution < -0.4 is 5.73 Å². The topological polar surface area (TPSA) is 43.1 Å². The lowest BCUT2D eigenvalue weighted by molar-refractivity contribution is 0.0985. The number of hydrogen-bond donors (Lipinski definition) is 1. The monoisotopic (exact) mass is 217 g/mol. The van der Waals surface area contributed by atoms with Crippen molar-refractivity contribution in [2.75, 3.05) is 6.54 Å². The second-order valence-electron chi connectivity index (χ2n) is 2.62. The van der Waals surface area contributed by atoms with E-state index in [-0.39, 0.29) is 5.78 Å². The third kappa shape index (κ3) is 2.99. The quantitative estimate of drug-likeness (QED) is 0.792. The largest absolute Gasteiger partial charge is 0.330 e. The molecule has 1 aromatic rings. The summed E-state index contributed by atoms with van der Waals surface area (Å²) in [5.41, 5.74) is 5.77. The fourth-order valence-corrected chi connectivity index (χ4v) is 1.52. The van der Waals surface area contributed by atoms with Crippen LogP contribution >= 0.6 is 23.2 Å². The van der Waals surface area contributed by atoms with Gasteiger partial charge in [-0.2, -0.15) is 0 Å². The molecule has 0 heterocycles. The lowest BCUT2D eigenvalue weighted by Gasteiger charge is -2.00. The first-order valence-electron chi connectivity index (χ1n) is 3.83. The van der Waals surface area contributed by atoms with Crippen molar-refractivity contribution in [3.63, 3.8) is 0 Å². The van der Waals surface area contributed by atoms with E-state index in [4.69, 9.17) is 28.9 Å². The molecule has 4 heteroatoms.